The Hall–Kier alpha value is -0.970. The first kappa shape index (κ1) is 17.1. The maximum Gasteiger partial charge on any atom is 0.128 e. The zero-order chi connectivity index (χ0) is 15.0. The van der Waals surface area contributed by atoms with Crippen LogP contribution in [-0.2, 0) is 0 Å². The third-order valence-electron chi connectivity index (χ3n) is 3.74. The Labute approximate surface area is 121 Å². The molecule has 0 bridgehead atoms. The van der Waals surface area contributed by atoms with Crippen LogP contribution in [0.5, 0.6) is 0 Å². The van der Waals surface area contributed by atoms with Gasteiger partial charge in [-0.05, 0) is 45.3 Å². The van der Waals surface area contributed by atoms with Gasteiger partial charge in [-0.2, -0.15) is 0 Å². The molecule has 0 fully saturated rings. The normalized spacial score (nSPS) is 14.5. The molecule has 0 saturated heterocycles. The van der Waals surface area contributed by atoms with Gasteiger partial charge in [0.1, 0.15) is 5.82 Å². The molecular formula is C16H27FN2O. The Morgan fingerprint density at radius 1 is 1.25 bits per heavy atom. The van der Waals surface area contributed by atoms with Crippen LogP contribution in [0.4, 0.5) is 4.39 Å². The molecule has 3 nitrogen and oxygen atoms in total. The molecule has 0 aliphatic rings. The van der Waals surface area contributed by atoms with Crippen LogP contribution in [0, 0.1) is 5.82 Å². The predicted octanol–water partition coefficient (Wildman–Crippen LogP) is 2.70. The number of likely N-dealkylation sites (N-methyl/N-ethyl adjacent to an activating group) is 1. The molecule has 0 heterocycles. The molecule has 0 radical (unpaired) electrons. The summed E-state index contributed by atoms with van der Waals surface area (Å²) in [7, 11) is 1.99. The zero-order valence-electron chi connectivity index (χ0n) is 12.6. The Kier molecular flexibility index (Phi) is 7.73. The van der Waals surface area contributed by atoms with Gasteiger partial charge < -0.3 is 10.8 Å². The number of nitrogens with two attached hydrogens (primary N) is 1. The van der Waals surface area contributed by atoms with E-state index in [9.17, 15) is 4.39 Å². The lowest BCUT2D eigenvalue weighted by atomic mass is 9.96. The summed E-state index contributed by atoms with van der Waals surface area (Å²) >= 11 is 0. The molecule has 3 N–H and O–H groups in total. The second kappa shape index (κ2) is 9.06. The van der Waals surface area contributed by atoms with Crippen molar-refractivity contribution in [2.45, 2.75) is 44.7 Å². The van der Waals surface area contributed by atoms with Gasteiger partial charge >= 0.3 is 0 Å². The summed E-state index contributed by atoms with van der Waals surface area (Å²) in [6, 6.07) is 6.68. The third-order valence-corrected chi connectivity index (χ3v) is 3.74. The van der Waals surface area contributed by atoms with Crippen LogP contribution in [0.25, 0.3) is 0 Å². The monoisotopic (exact) mass is 282 g/mol. The van der Waals surface area contributed by atoms with Crippen molar-refractivity contribution in [3.05, 3.63) is 35.6 Å². The van der Waals surface area contributed by atoms with Crippen LogP contribution in [0.1, 0.15) is 44.2 Å². The number of nitrogens with zero attached hydrogens (tertiary/aromatic N) is 1. The number of aliphatic hydroxyl groups excluding tert-OH is 1. The SMILES string of the molecule is CCC(N)C(c1ccccc1F)N(C)CCCCCO. The highest BCUT2D eigenvalue weighted by atomic mass is 19.1. The molecule has 0 saturated carbocycles. The molecular weight excluding hydrogens is 255 g/mol. The largest absolute Gasteiger partial charge is 0.396 e. The summed E-state index contributed by atoms with van der Waals surface area (Å²) in [5.41, 5.74) is 6.87. The number of unbranched alkanes of at least 4 members (excludes halogenated alkanes) is 2. The highest BCUT2D eigenvalue weighted by Gasteiger charge is 2.25. The molecule has 0 aliphatic heterocycles. The second-order valence-electron chi connectivity index (χ2n) is 5.30. The molecule has 1 aromatic carbocycles. The van der Waals surface area contributed by atoms with Gasteiger partial charge in [0.15, 0.2) is 0 Å². The predicted molar refractivity (Wildman–Crippen MR) is 81.0 cm³/mol. The lowest BCUT2D eigenvalue weighted by molar-refractivity contribution is 0.198. The Morgan fingerprint density at radius 3 is 2.55 bits per heavy atom. The van der Waals surface area contributed by atoms with E-state index in [4.69, 9.17) is 10.8 Å². The average molecular weight is 282 g/mol. The van der Waals surface area contributed by atoms with E-state index in [1.165, 1.54) is 6.07 Å². The number of rotatable bonds is 9. The van der Waals surface area contributed by atoms with Crippen molar-refractivity contribution in [2.75, 3.05) is 20.2 Å². The van der Waals surface area contributed by atoms with Crippen molar-refractivity contribution < 1.29 is 9.50 Å². The van der Waals surface area contributed by atoms with E-state index in [-0.39, 0.29) is 24.5 Å². The van der Waals surface area contributed by atoms with E-state index in [0.29, 0.717) is 5.56 Å². The lowest BCUT2D eigenvalue weighted by Crippen LogP contribution is -2.39. The van der Waals surface area contributed by atoms with Gasteiger partial charge in [0.25, 0.3) is 0 Å². The number of aliphatic hydroxyl groups is 1. The maximum absolute atomic E-state index is 14.0. The van der Waals surface area contributed by atoms with Crippen molar-refractivity contribution in [3.63, 3.8) is 0 Å². The Morgan fingerprint density at radius 2 is 1.95 bits per heavy atom. The lowest BCUT2D eigenvalue weighted by Gasteiger charge is -2.33. The molecule has 1 rings (SSSR count). The van der Waals surface area contributed by atoms with Crippen molar-refractivity contribution in [3.8, 4) is 0 Å². The quantitative estimate of drug-likeness (QED) is 0.685. The standard InChI is InChI=1S/C16H27FN2O/c1-3-15(18)16(13-9-5-6-10-14(13)17)19(2)11-7-4-8-12-20/h5-6,9-10,15-16,20H,3-4,7-8,11-12,18H2,1-2H3. The van der Waals surface area contributed by atoms with Gasteiger partial charge in [-0.15, -0.1) is 0 Å². The van der Waals surface area contributed by atoms with Crippen LogP contribution in [0.15, 0.2) is 24.3 Å². The van der Waals surface area contributed by atoms with Crippen LogP contribution < -0.4 is 5.73 Å². The summed E-state index contributed by atoms with van der Waals surface area (Å²) < 4.78 is 14.0. The first-order chi connectivity index (χ1) is 9.61. The summed E-state index contributed by atoms with van der Waals surface area (Å²) in [6.45, 7) is 3.11. The minimum atomic E-state index is -0.191. The smallest absolute Gasteiger partial charge is 0.128 e. The fraction of sp³-hybridized carbons (Fsp3) is 0.625. The second-order valence-corrected chi connectivity index (χ2v) is 5.30. The van der Waals surface area contributed by atoms with Crippen LogP contribution in [0.3, 0.4) is 0 Å². The van der Waals surface area contributed by atoms with Crippen LogP contribution in [0.2, 0.25) is 0 Å². The highest BCUT2D eigenvalue weighted by molar-refractivity contribution is 5.22. The number of halogens is 1. The zero-order valence-corrected chi connectivity index (χ0v) is 12.6. The van der Waals surface area contributed by atoms with E-state index in [1.54, 1.807) is 6.07 Å². The molecule has 2 atom stereocenters. The van der Waals surface area contributed by atoms with Crippen LogP contribution >= 0.6 is 0 Å². The molecule has 4 heteroatoms. The van der Waals surface area contributed by atoms with E-state index < -0.39 is 0 Å². The summed E-state index contributed by atoms with van der Waals surface area (Å²) in [4.78, 5) is 2.13. The van der Waals surface area contributed by atoms with Gasteiger partial charge in [-0.1, -0.05) is 25.1 Å². The maximum atomic E-state index is 14.0. The molecule has 0 amide bonds. The minimum Gasteiger partial charge on any atom is -0.396 e. The average Bonchev–Trinajstić information content (AvgIpc) is 2.45. The fourth-order valence-electron chi connectivity index (χ4n) is 2.52. The summed E-state index contributed by atoms with van der Waals surface area (Å²) in [5, 5.41) is 8.80. The number of hydrogen-bond donors (Lipinski definition) is 2. The van der Waals surface area contributed by atoms with E-state index in [2.05, 4.69) is 4.90 Å². The topological polar surface area (TPSA) is 49.5 Å². The summed E-state index contributed by atoms with van der Waals surface area (Å²) in [5.74, 6) is -0.191. The highest BCUT2D eigenvalue weighted by Crippen LogP contribution is 2.26. The van der Waals surface area contributed by atoms with Gasteiger partial charge in [0.2, 0.25) is 0 Å². The Bertz CT molecular complexity index is 386. The van der Waals surface area contributed by atoms with Crippen molar-refractivity contribution >= 4 is 0 Å². The van der Waals surface area contributed by atoms with Crippen molar-refractivity contribution in [2.24, 2.45) is 5.73 Å². The first-order valence-electron chi connectivity index (χ1n) is 7.42. The van der Waals surface area contributed by atoms with Gasteiger partial charge in [-0.3, -0.25) is 4.90 Å². The third kappa shape index (κ3) is 4.85. The minimum absolute atomic E-state index is 0.0882. The van der Waals surface area contributed by atoms with Gasteiger partial charge in [0.05, 0.1) is 6.04 Å². The summed E-state index contributed by atoms with van der Waals surface area (Å²) in [6.07, 6.45) is 3.59. The van der Waals surface area contributed by atoms with Crippen LogP contribution in [-0.4, -0.2) is 36.2 Å². The molecule has 0 spiro atoms. The molecule has 114 valence electrons. The number of benzene rings is 1. The van der Waals surface area contributed by atoms with Crippen molar-refractivity contribution in [1.82, 2.24) is 4.90 Å². The Balaban J connectivity index is 2.76. The van der Waals surface area contributed by atoms with Gasteiger partial charge in [-0.25, -0.2) is 4.39 Å². The van der Waals surface area contributed by atoms with E-state index in [0.717, 1.165) is 32.2 Å². The first-order valence-corrected chi connectivity index (χ1v) is 7.42. The molecule has 0 aliphatic carbocycles. The molecule has 2 unspecified atom stereocenters. The molecule has 0 aromatic heterocycles. The number of hydrogen-bond acceptors (Lipinski definition) is 3. The van der Waals surface area contributed by atoms with Gasteiger partial charge in [0, 0.05) is 18.2 Å². The van der Waals surface area contributed by atoms with Crippen molar-refractivity contribution in [1.29, 1.82) is 0 Å². The van der Waals surface area contributed by atoms with E-state index >= 15 is 0 Å². The molecule has 20 heavy (non-hydrogen) atoms. The molecule has 1 aromatic rings. The van der Waals surface area contributed by atoms with E-state index in [1.807, 2.05) is 26.1 Å². The fourth-order valence-corrected chi connectivity index (χ4v) is 2.52.